The molecule has 29 heavy (non-hydrogen) atoms. The summed E-state index contributed by atoms with van der Waals surface area (Å²) >= 11 is 0. The lowest BCUT2D eigenvalue weighted by atomic mass is 10.2. The number of carbonyl (C=O) groups is 1. The number of nitrogens with zero attached hydrogens (tertiary/aromatic N) is 1. The summed E-state index contributed by atoms with van der Waals surface area (Å²) in [6.45, 7) is -0.323. The Hall–Kier alpha value is -3.50. The average molecular weight is 414 g/mol. The molecule has 8 nitrogen and oxygen atoms in total. The molecule has 0 aromatic heterocycles. The third-order valence-electron chi connectivity index (χ3n) is 3.59. The highest BCUT2D eigenvalue weighted by molar-refractivity contribution is 5.77. The van der Waals surface area contributed by atoms with Crippen molar-refractivity contribution in [2.75, 3.05) is 26.9 Å². The zero-order valence-corrected chi connectivity index (χ0v) is 15.2. The van der Waals surface area contributed by atoms with Gasteiger partial charge in [-0.25, -0.2) is 0 Å². The fourth-order valence-corrected chi connectivity index (χ4v) is 2.18. The third kappa shape index (κ3) is 6.55. The van der Waals surface area contributed by atoms with Crippen LogP contribution in [0.25, 0.3) is 0 Å². The fourth-order valence-electron chi connectivity index (χ4n) is 2.18. The number of nitro benzene ring substituents is 1. The first-order valence-electron chi connectivity index (χ1n) is 8.22. The molecule has 0 aliphatic rings. The molecule has 0 unspecified atom stereocenters. The van der Waals surface area contributed by atoms with E-state index < -0.39 is 40.6 Å². The molecule has 11 heteroatoms. The van der Waals surface area contributed by atoms with Gasteiger partial charge < -0.3 is 19.5 Å². The van der Waals surface area contributed by atoms with Crippen LogP contribution in [-0.2, 0) is 11.0 Å². The van der Waals surface area contributed by atoms with Crippen LogP contribution in [0.15, 0.2) is 42.5 Å². The van der Waals surface area contributed by atoms with Crippen molar-refractivity contribution in [3.63, 3.8) is 0 Å². The summed E-state index contributed by atoms with van der Waals surface area (Å²) in [6, 6.07) is 8.60. The maximum atomic E-state index is 12.7. The van der Waals surface area contributed by atoms with Gasteiger partial charge in [-0.1, -0.05) is 0 Å². The van der Waals surface area contributed by atoms with Crippen molar-refractivity contribution in [1.82, 2.24) is 5.32 Å². The second-order valence-corrected chi connectivity index (χ2v) is 5.60. The Kier molecular flexibility index (Phi) is 7.23. The topological polar surface area (TPSA) is 99.9 Å². The Morgan fingerprint density at radius 3 is 2.34 bits per heavy atom. The molecule has 1 amide bonds. The van der Waals surface area contributed by atoms with E-state index >= 15 is 0 Å². The molecule has 2 aromatic rings. The van der Waals surface area contributed by atoms with Crippen molar-refractivity contribution in [1.29, 1.82) is 0 Å². The van der Waals surface area contributed by atoms with E-state index in [-0.39, 0.29) is 13.2 Å². The van der Waals surface area contributed by atoms with Crippen LogP contribution in [0, 0.1) is 10.1 Å². The first-order chi connectivity index (χ1) is 13.7. The molecule has 0 saturated carbocycles. The minimum absolute atomic E-state index is 0.128. The summed E-state index contributed by atoms with van der Waals surface area (Å²) in [5.41, 5.74) is -2.06. The predicted octanol–water partition coefficient (Wildman–Crippen LogP) is 3.20. The van der Waals surface area contributed by atoms with Gasteiger partial charge in [0.15, 0.2) is 12.4 Å². The largest absolute Gasteiger partial charge is 0.497 e. The monoisotopic (exact) mass is 414 g/mol. The van der Waals surface area contributed by atoms with E-state index in [1.165, 1.54) is 7.11 Å². The normalized spacial score (nSPS) is 10.9. The molecule has 1 N–H and O–H groups in total. The lowest BCUT2D eigenvalue weighted by Gasteiger charge is -2.11. The first kappa shape index (κ1) is 21.8. The van der Waals surface area contributed by atoms with E-state index in [2.05, 4.69) is 5.32 Å². The molecule has 0 radical (unpaired) electrons. The Morgan fingerprint density at radius 2 is 1.76 bits per heavy atom. The van der Waals surface area contributed by atoms with Crippen molar-refractivity contribution in [3.8, 4) is 17.2 Å². The Morgan fingerprint density at radius 1 is 1.10 bits per heavy atom. The maximum absolute atomic E-state index is 12.7. The Bertz CT molecular complexity index is 856. The van der Waals surface area contributed by atoms with E-state index in [1.807, 2.05) is 0 Å². The summed E-state index contributed by atoms with van der Waals surface area (Å²) in [4.78, 5) is 21.7. The Labute approximate surface area is 163 Å². The van der Waals surface area contributed by atoms with Crippen LogP contribution in [-0.4, -0.2) is 37.7 Å². The molecule has 0 heterocycles. The standard InChI is InChI=1S/C18H17F3N2O6/c1-27-13-3-5-14(6-4-13)28-9-8-22-17(24)11-29-16-7-2-12(18(19,20)21)10-15(16)23(25)26/h2-7,10H,8-9,11H2,1H3,(H,22,24). The molecular formula is C18H17F3N2O6. The first-order valence-corrected chi connectivity index (χ1v) is 8.22. The Balaban J connectivity index is 1.81. The molecule has 0 aliphatic heterocycles. The zero-order chi connectivity index (χ0) is 21.4. The number of rotatable bonds is 9. The number of halogens is 3. The summed E-state index contributed by atoms with van der Waals surface area (Å²) in [5, 5.41) is 13.4. The average Bonchev–Trinajstić information content (AvgIpc) is 2.69. The van der Waals surface area contributed by atoms with Gasteiger partial charge in [0.2, 0.25) is 0 Å². The molecule has 0 atom stereocenters. The van der Waals surface area contributed by atoms with Crippen molar-refractivity contribution < 1.29 is 37.1 Å². The second-order valence-electron chi connectivity index (χ2n) is 5.60. The van der Waals surface area contributed by atoms with Crippen LogP contribution in [0.3, 0.4) is 0 Å². The summed E-state index contributed by atoms with van der Waals surface area (Å²) in [5.74, 6) is 0.182. The number of alkyl halides is 3. The molecular weight excluding hydrogens is 397 g/mol. The quantitative estimate of drug-likeness (QED) is 0.384. The predicted molar refractivity (Wildman–Crippen MR) is 95.1 cm³/mol. The zero-order valence-electron chi connectivity index (χ0n) is 15.2. The van der Waals surface area contributed by atoms with Gasteiger partial charge >= 0.3 is 11.9 Å². The molecule has 2 rings (SSSR count). The fraction of sp³-hybridized carbons (Fsp3) is 0.278. The van der Waals surface area contributed by atoms with Gasteiger partial charge in [-0.2, -0.15) is 13.2 Å². The molecule has 0 spiro atoms. The molecule has 0 fully saturated rings. The second kappa shape index (κ2) is 9.62. The number of nitro groups is 1. The molecule has 0 aliphatic carbocycles. The van der Waals surface area contributed by atoms with Crippen LogP contribution in [0.2, 0.25) is 0 Å². The van der Waals surface area contributed by atoms with Gasteiger partial charge in [0.05, 0.1) is 24.1 Å². The van der Waals surface area contributed by atoms with Crippen LogP contribution in [0.4, 0.5) is 18.9 Å². The van der Waals surface area contributed by atoms with Gasteiger partial charge in [0, 0.05) is 6.07 Å². The van der Waals surface area contributed by atoms with E-state index in [4.69, 9.17) is 14.2 Å². The number of benzene rings is 2. The highest BCUT2D eigenvalue weighted by Gasteiger charge is 2.33. The van der Waals surface area contributed by atoms with Crippen molar-refractivity contribution in [2.24, 2.45) is 0 Å². The minimum Gasteiger partial charge on any atom is -0.497 e. The van der Waals surface area contributed by atoms with Crippen LogP contribution in [0.5, 0.6) is 17.2 Å². The van der Waals surface area contributed by atoms with Gasteiger partial charge in [-0.3, -0.25) is 14.9 Å². The van der Waals surface area contributed by atoms with Crippen LogP contribution < -0.4 is 19.5 Å². The minimum atomic E-state index is -4.73. The van der Waals surface area contributed by atoms with Gasteiger partial charge in [-0.15, -0.1) is 0 Å². The molecule has 156 valence electrons. The SMILES string of the molecule is COc1ccc(OCCNC(=O)COc2ccc(C(F)(F)F)cc2[N+](=O)[O-])cc1. The van der Waals surface area contributed by atoms with E-state index in [9.17, 15) is 28.1 Å². The van der Waals surface area contributed by atoms with E-state index in [0.29, 0.717) is 23.6 Å². The van der Waals surface area contributed by atoms with Gasteiger partial charge in [0.25, 0.3) is 5.91 Å². The number of ether oxygens (including phenoxy) is 3. The summed E-state index contributed by atoms with van der Waals surface area (Å²) in [6.07, 6.45) is -4.73. The highest BCUT2D eigenvalue weighted by Crippen LogP contribution is 2.35. The molecule has 2 aromatic carbocycles. The highest BCUT2D eigenvalue weighted by atomic mass is 19.4. The molecule has 0 bridgehead atoms. The van der Waals surface area contributed by atoms with Crippen molar-refractivity contribution in [3.05, 3.63) is 58.1 Å². The lowest BCUT2D eigenvalue weighted by Crippen LogP contribution is -2.32. The smallest absolute Gasteiger partial charge is 0.416 e. The summed E-state index contributed by atoms with van der Waals surface area (Å²) in [7, 11) is 1.53. The van der Waals surface area contributed by atoms with Crippen molar-refractivity contribution >= 4 is 11.6 Å². The number of nitrogens with one attached hydrogen (secondary N) is 1. The number of hydrogen-bond donors (Lipinski definition) is 1. The number of hydrogen-bond acceptors (Lipinski definition) is 6. The van der Waals surface area contributed by atoms with Crippen molar-refractivity contribution in [2.45, 2.75) is 6.18 Å². The number of amides is 1. The lowest BCUT2D eigenvalue weighted by molar-refractivity contribution is -0.386. The van der Waals surface area contributed by atoms with Gasteiger partial charge in [-0.05, 0) is 36.4 Å². The van der Waals surface area contributed by atoms with Gasteiger partial charge in [0.1, 0.15) is 18.1 Å². The van der Waals surface area contributed by atoms with E-state index in [0.717, 1.165) is 6.07 Å². The third-order valence-corrected chi connectivity index (χ3v) is 3.59. The number of methoxy groups -OCH3 is 1. The van der Waals surface area contributed by atoms with Crippen LogP contribution >= 0.6 is 0 Å². The van der Waals surface area contributed by atoms with Crippen LogP contribution in [0.1, 0.15) is 5.56 Å². The van der Waals surface area contributed by atoms with E-state index in [1.54, 1.807) is 24.3 Å². The summed E-state index contributed by atoms with van der Waals surface area (Å²) < 4.78 is 53.4. The molecule has 0 saturated heterocycles. The number of carbonyl (C=O) groups excluding carboxylic acids is 1. The maximum Gasteiger partial charge on any atom is 0.416 e.